The summed E-state index contributed by atoms with van der Waals surface area (Å²) in [5.74, 6) is 3.23. The van der Waals surface area contributed by atoms with Gasteiger partial charge in [-0.05, 0) is 97.7 Å². The number of hydrogen-bond donors (Lipinski definition) is 2. The summed E-state index contributed by atoms with van der Waals surface area (Å²) in [6.07, 6.45) is 11.8. The Hall–Kier alpha value is -0.120. The van der Waals surface area contributed by atoms with E-state index < -0.39 is 5.79 Å². The SMILES string of the molecule is CC(C)CCC1(O)O[C@H]2C[C@H]3[C@@H]4CCC5CCCC(O)[C@]5(C)[C@H]4CC[C@]3(C)[C@H]2[C@@H]1C. The predicted octanol–water partition coefficient (Wildman–Crippen LogP) is 5.78. The lowest BCUT2D eigenvalue weighted by molar-refractivity contribution is -0.223. The molecule has 0 radical (unpaired) electrons. The Bertz CT molecular complexity index is 662. The molecule has 4 saturated carbocycles. The van der Waals surface area contributed by atoms with Crippen molar-refractivity contribution in [2.75, 3.05) is 0 Å². The smallest absolute Gasteiger partial charge is 0.168 e. The fraction of sp³-hybridized carbons (Fsp3) is 1.00. The molecule has 5 rings (SSSR count). The first-order valence-corrected chi connectivity index (χ1v) is 13.2. The summed E-state index contributed by atoms with van der Waals surface area (Å²) < 4.78 is 6.53. The second kappa shape index (κ2) is 7.19. The monoisotopic (exact) mass is 418 g/mol. The van der Waals surface area contributed by atoms with Crippen LogP contribution in [0, 0.1) is 52.3 Å². The summed E-state index contributed by atoms with van der Waals surface area (Å²) in [4.78, 5) is 0. The number of hydrogen-bond acceptors (Lipinski definition) is 3. The van der Waals surface area contributed by atoms with Gasteiger partial charge in [-0.3, -0.25) is 0 Å². The molecule has 5 aliphatic rings. The van der Waals surface area contributed by atoms with Crippen molar-refractivity contribution in [2.45, 2.75) is 117 Å². The Morgan fingerprint density at radius 3 is 2.53 bits per heavy atom. The minimum atomic E-state index is -0.923. The number of aliphatic hydroxyl groups excluding tert-OH is 1. The average molecular weight is 419 g/mol. The lowest BCUT2D eigenvalue weighted by Gasteiger charge is -2.62. The normalized spacial score (nSPS) is 57.6. The second-order valence-corrected chi connectivity index (χ2v) is 13.0. The first kappa shape index (κ1) is 21.7. The Labute approximate surface area is 184 Å². The van der Waals surface area contributed by atoms with Crippen molar-refractivity contribution < 1.29 is 14.9 Å². The van der Waals surface area contributed by atoms with E-state index in [1.807, 2.05) is 0 Å². The van der Waals surface area contributed by atoms with Gasteiger partial charge in [0.05, 0.1) is 12.2 Å². The van der Waals surface area contributed by atoms with E-state index in [1.54, 1.807) is 0 Å². The maximum Gasteiger partial charge on any atom is 0.168 e. The Morgan fingerprint density at radius 2 is 1.80 bits per heavy atom. The maximum absolute atomic E-state index is 11.4. The molecule has 1 heterocycles. The van der Waals surface area contributed by atoms with Crippen molar-refractivity contribution in [1.29, 1.82) is 0 Å². The van der Waals surface area contributed by atoms with E-state index in [0.29, 0.717) is 23.7 Å². The number of aliphatic hydroxyl groups is 2. The van der Waals surface area contributed by atoms with E-state index in [2.05, 4.69) is 34.6 Å². The van der Waals surface area contributed by atoms with Crippen LogP contribution in [-0.4, -0.2) is 28.2 Å². The standard InChI is InChI=1S/C27H46O3/c1-16(2)11-14-27(29)17(3)24-22(30-27)15-21-19-10-9-18-7-6-8-23(28)26(18,5)20(19)12-13-25(21,24)4/h16-24,28-29H,6-15H2,1-5H3/t17-,18?,19+,20-,21-,22-,23?,24-,25-,26-,27?/m0/s1. The van der Waals surface area contributed by atoms with Gasteiger partial charge in [0.1, 0.15) is 0 Å². The molecule has 4 aliphatic carbocycles. The summed E-state index contributed by atoms with van der Waals surface area (Å²) in [6, 6.07) is 0. The highest BCUT2D eigenvalue weighted by molar-refractivity contribution is 5.15. The van der Waals surface area contributed by atoms with Gasteiger partial charge in [-0.2, -0.15) is 0 Å². The van der Waals surface area contributed by atoms with Gasteiger partial charge < -0.3 is 14.9 Å². The van der Waals surface area contributed by atoms with Crippen LogP contribution in [0.25, 0.3) is 0 Å². The zero-order valence-corrected chi connectivity index (χ0v) is 20.1. The summed E-state index contributed by atoms with van der Waals surface area (Å²) in [6.45, 7) is 11.7. The fourth-order valence-corrected chi connectivity index (χ4v) is 9.79. The van der Waals surface area contributed by atoms with E-state index in [9.17, 15) is 10.2 Å². The molecule has 2 N–H and O–H groups in total. The maximum atomic E-state index is 11.4. The molecule has 11 atom stereocenters. The van der Waals surface area contributed by atoms with E-state index >= 15 is 0 Å². The molecule has 3 heteroatoms. The van der Waals surface area contributed by atoms with Crippen LogP contribution >= 0.6 is 0 Å². The summed E-state index contributed by atoms with van der Waals surface area (Å²) in [5.41, 5.74) is 0.418. The predicted molar refractivity (Wildman–Crippen MR) is 120 cm³/mol. The largest absolute Gasteiger partial charge is 0.393 e. The molecule has 0 bridgehead atoms. The van der Waals surface area contributed by atoms with Crippen LogP contribution < -0.4 is 0 Å². The minimum Gasteiger partial charge on any atom is -0.393 e. The van der Waals surface area contributed by atoms with Crippen LogP contribution in [0.15, 0.2) is 0 Å². The summed E-state index contributed by atoms with van der Waals surface area (Å²) in [5, 5.41) is 22.6. The van der Waals surface area contributed by atoms with Crippen molar-refractivity contribution in [3.8, 4) is 0 Å². The molecule has 1 aliphatic heterocycles. The molecule has 172 valence electrons. The molecule has 3 unspecified atom stereocenters. The molecule has 0 amide bonds. The van der Waals surface area contributed by atoms with Gasteiger partial charge in [0, 0.05) is 12.3 Å². The third-order valence-electron chi connectivity index (χ3n) is 11.5. The van der Waals surface area contributed by atoms with Crippen LogP contribution in [0.5, 0.6) is 0 Å². The van der Waals surface area contributed by atoms with Gasteiger partial charge in [-0.15, -0.1) is 0 Å². The Balaban J connectivity index is 1.39. The van der Waals surface area contributed by atoms with Crippen LogP contribution in [0.1, 0.15) is 98.8 Å². The topological polar surface area (TPSA) is 49.7 Å². The van der Waals surface area contributed by atoms with Crippen LogP contribution in [-0.2, 0) is 4.74 Å². The Morgan fingerprint density at radius 1 is 1.03 bits per heavy atom. The van der Waals surface area contributed by atoms with Crippen molar-refractivity contribution in [3.63, 3.8) is 0 Å². The molecule has 0 spiro atoms. The first-order valence-electron chi connectivity index (χ1n) is 13.2. The summed E-state index contributed by atoms with van der Waals surface area (Å²) >= 11 is 0. The van der Waals surface area contributed by atoms with E-state index in [0.717, 1.165) is 37.5 Å². The third kappa shape index (κ3) is 2.86. The van der Waals surface area contributed by atoms with Gasteiger partial charge in [0.15, 0.2) is 5.79 Å². The molecule has 0 aromatic rings. The van der Waals surface area contributed by atoms with Crippen LogP contribution in [0.3, 0.4) is 0 Å². The minimum absolute atomic E-state index is 0.106. The zero-order valence-electron chi connectivity index (χ0n) is 20.1. The Kier molecular flexibility index (Phi) is 5.20. The highest BCUT2D eigenvalue weighted by atomic mass is 16.6. The van der Waals surface area contributed by atoms with Gasteiger partial charge >= 0.3 is 0 Å². The van der Waals surface area contributed by atoms with Gasteiger partial charge in [-0.1, -0.05) is 41.0 Å². The van der Waals surface area contributed by atoms with E-state index in [4.69, 9.17) is 4.74 Å². The van der Waals surface area contributed by atoms with E-state index in [1.165, 1.54) is 38.5 Å². The molecular formula is C27H46O3. The lowest BCUT2D eigenvalue weighted by Crippen LogP contribution is -2.58. The second-order valence-electron chi connectivity index (χ2n) is 13.0. The molecule has 5 fully saturated rings. The zero-order chi connectivity index (χ0) is 21.5. The first-order chi connectivity index (χ1) is 14.1. The molecule has 3 nitrogen and oxygen atoms in total. The third-order valence-corrected chi connectivity index (χ3v) is 11.5. The molecule has 1 saturated heterocycles. The molecule has 0 aromatic heterocycles. The van der Waals surface area contributed by atoms with E-state index in [-0.39, 0.29) is 29.0 Å². The van der Waals surface area contributed by atoms with Gasteiger partial charge in [-0.25, -0.2) is 0 Å². The van der Waals surface area contributed by atoms with Crippen molar-refractivity contribution >= 4 is 0 Å². The van der Waals surface area contributed by atoms with Gasteiger partial charge in [0.25, 0.3) is 0 Å². The summed E-state index contributed by atoms with van der Waals surface area (Å²) in [7, 11) is 0. The number of fused-ring (bicyclic) bond motifs is 7. The quantitative estimate of drug-likeness (QED) is 0.611. The molecule has 0 aromatic carbocycles. The molecular weight excluding hydrogens is 372 g/mol. The lowest BCUT2D eigenvalue weighted by atomic mass is 9.44. The average Bonchev–Trinajstić information content (AvgIpc) is 3.12. The van der Waals surface area contributed by atoms with Crippen molar-refractivity contribution in [2.24, 2.45) is 52.3 Å². The van der Waals surface area contributed by atoms with Gasteiger partial charge in [0.2, 0.25) is 0 Å². The van der Waals surface area contributed by atoms with Crippen LogP contribution in [0.4, 0.5) is 0 Å². The van der Waals surface area contributed by atoms with Crippen molar-refractivity contribution in [3.05, 3.63) is 0 Å². The fourth-order valence-electron chi connectivity index (χ4n) is 9.79. The van der Waals surface area contributed by atoms with Crippen molar-refractivity contribution in [1.82, 2.24) is 0 Å². The van der Waals surface area contributed by atoms with Crippen LogP contribution in [0.2, 0.25) is 0 Å². The highest BCUT2D eigenvalue weighted by Crippen LogP contribution is 2.70. The number of rotatable bonds is 3. The highest BCUT2D eigenvalue weighted by Gasteiger charge is 2.68. The molecule has 30 heavy (non-hydrogen) atoms. The number of ether oxygens (including phenoxy) is 1.